The molecule has 0 aliphatic heterocycles. The average molecular weight is 313 g/mol. The molecule has 6 heteroatoms. The van der Waals surface area contributed by atoms with Gasteiger partial charge < -0.3 is 11.1 Å². The highest BCUT2D eigenvalue weighted by Crippen LogP contribution is 2.26. The Balaban J connectivity index is 2.16. The molecular weight excluding hydrogens is 299 g/mol. The molecule has 2 aromatic rings. The summed E-state index contributed by atoms with van der Waals surface area (Å²) in [7, 11) is 1.88. The Morgan fingerprint density at radius 2 is 2.22 bits per heavy atom. The number of rotatable bonds is 3. The molecule has 96 valence electrons. The highest BCUT2D eigenvalue weighted by Gasteiger charge is 2.07. The number of hydrogen-bond donors (Lipinski definition) is 2. The molecular formula is C12H14BrFN4. The molecule has 0 bridgehead atoms. The van der Waals surface area contributed by atoms with Crippen molar-refractivity contribution >= 4 is 27.3 Å². The van der Waals surface area contributed by atoms with Crippen LogP contribution in [0.2, 0.25) is 0 Å². The number of benzene rings is 1. The quantitative estimate of drug-likeness (QED) is 0.857. The lowest BCUT2D eigenvalue weighted by Crippen LogP contribution is -2.04. The van der Waals surface area contributed by atoms with Crippen LogP contribution in [0.3, 0.4) is 0 Å². The standard InChI is InChI=1S/C12H14BrFN4/c1-7-8(6-17-18(7)2)5-16-12-4-10(14)9(13)3-11(12)15/h3-4,6,16H,5,15H2,1-2H3. The van der Waals surface area contributed by atoms with Crippen LogP contribution in [0, 0.1) is 12.7 Å². The van der Waals surface area contributed by atoms with Gasteiger partial charge in [0, 0.05) is 30.9 Å². The van der Waals surface area contributed by atoms with Crippen LogP contribution in [0.25, 0.3) is 0 Å². The molecule has 0 saturated carbocycles. The van der Waals surface area contributed by atoms with Crippen LogP contribution in [-0.2, 0) is 13.6 Å². The van der Waals surface area contributed by atoms with E-state index in [0.29, 0.717) is 22.4 Å². The van der Waals surface area contributed by atoms with E-state index >= 15 is 0 Å². The van der Waals surface area contributed by atoms with Gasteiger partial charge in [0.25, 0.3) is 0 Å². The van der Waals surface area contributed by atoms with Crippen molar-refractivity contribution in [3.8, 4) is 0 Å². The van der Waals surface area contributed by atoms with E-state index in [9.17, 15) is 4.39 Å². The van der Waals surface area contributed by atoms with Gasteiger partial charge in [-0.1, -0.05) is 0 Å². The smallest absolute Gasteiger partial charge is 0.139 e. The predicted octanol–water partition coefficient (Wildman–Crippen LogP) is 2.82. The summed E-state index contributed by atoms with van der Waals surface area (Å²) in [5.74, 6) is -0.338. The van der Waals surface area contributed by atoms with Gasteiger partial charge in [-0.15, -0.1) is 0 Å². The number of anilines is 2. The summed E-state index contributed by atoms with van der Waals surface area (Å²) < 4.78 is 15.6. The molecule has 1 aromatic carbocycles. The van der Waals surface area contributed by atoms with Gasteiger partial charge in [-0.25, -0.2) is 4.39 Å². The molecule has 0 radical (unpaired) electrons. The van der Waals surface area contributed by atoms with Crippen molar-refractivity contribution in [2.75, 3.05) is 11.1 Å². The summed E-state index contributed by atoms with van der Waals surface area (Å²) in [6, 6.07) is 2.93. The van der Waals surface area contributed by atoms with Crippen molar-refractivity contribution in [3.63, 3.8) is 0 Å². The zero-order chi connectivity index (χ0) is 13.3. The lowest BCUT2D eigenvalue weighted by atomic mass is 10.2. The Labute approximate surface area is 113 Å². The Kier molecular flexibility index (Phi) is 3.56. The van der Waals surface area contributed by atoms with Crippen LogP contribution in [0.4, 0.5) is 15.8 Å². The topological polar surface area (TPSA) is 55.9 Å². The Morgan fingerprint density at radius 1 is 1.50 bits per heavy atom. The summed E-state index contributed by atoms with van der Waals surface area (Å²) >= 11 is 3.10. The summed E-state index contributed by atoms with van der Waals surface area (Å²) in [5, 5.41) is 7.26. The maximum Gasteiger partial charge on any atom is 0.139 e. The van der Waals surface area contributed by atoms with E-state index in [1.165, 1.54) is 6.07 Å². The van der Waals surface area contributed by atoms with Gasteiger partial charge in [0.1, 0.15) is 5.82 Å². The number of nitrogens with two attached hydrogens (primary N) is 1. The summed E-state index contributed by atoms with van der Waals surface area (Å²) in [6.45, 7) is 2.54. The van der Waals surface area contributed by atoms with E-state index < -0.39 is 0 Å². The van der Waals surface area contributed by atoms with Gasteiger partial charge in [-0.05, 0) is 28.9 Å². The third-order valence-corrected chi connectivity index (χ3v) is 3.51. The molecule has 0 fully saturated rings. The maximum atomic E-state index is 13.4. The summed E-state index contributed by atoms with van der Waals surface area (Å²) in [5.41, 5.74) is 9.03. The van der Waals surface area contributed by atoms with E-state index in [0.717, 1.165) is 11.3 Å². The fourth-order valence-electron chi connectivity index (χ4n) is 1.62. The molecule has 18 heavy (non-hydrogen) atoms. The molecule has 1 heterocycles. The minimum atomic E-state index is -0.338. The van der Waals surface area contributed by atoms with E-state index in [1.54, 1.807) is 16.9 Å². The fraction of sp³-hybridized carbons (Fsp3) is 0.250. The van der Waals surface area contributed by atoms with Crippen LogP contribution in [0.15, 0.2) is 22.8 Å². The first-order valence-electron chi connectivity index (χ1n) is 5.45. The minimum absolute atomic E-state index is 0.338. The molecule has 1 aromatic heterocycles. The zero-order valence-corrected chi connectivity index (χ0v) is 11.8. The van der Waals surface area contributed by atoms with Gasteiger partial charge in [-0.2, -0.15) is 5.10 Å². The first-order valence-corrected chi connectivity index (χ1v) is 6.24. The maximum absolute atomic E-state index is 13.4. The lowest BCUT2D eigenvalue weighted by molar-refractivity contribution is 0.622. The molecule has 0 aliphatic rings. The van der Waals surface area contributed by atoms with Gasteiger partial charge >= 0.3 is 0 Å². The van der Waals surface area contributed by atoms with Gasteiger partial charge in [0.2, 0.25) is 0 Å². The first kappa shape index (κ1) is 12.9. The SMILES string of the molecule is Cc1c(CNc2cc(F)c(Br)cc2N)cnn1C. The predicted molar refractivity (Wildman–Crippen MR) is 73.8 cm³/mol. The van der Waals surface area contributed by atoms with Gasteiger partial charge in [0.15, 0.2) is 0 Å². The van der Waals surface area contributed by atoms with E-state index in [1.807, 2.05) is 14.0 Å². The zero-order valence-electron chi connectivity index (χ0n) is 10.2. The number of aromatic nitrogens is 2. The normalized spacial score (nSPS) is 10.7. The van der Waals surface area contributed by atoms with Crippen LogP contribution in [0.5, 0.6) is 0 Å². The summed E-state index contributed by atoms with van der Waals surface area (Å²) in [6.07, 6.45) is 1.79. The number of nitrogens with zero attached hydrogens (tertiary/aromatic N) is 2. The Bertz CT molecular complexity index is 580. The number of hydrogen-bond acceptors (Lipinski definition) is 3. The second-order valence-corrected chi connectivity index (χ2v) is 4.94. The van der Waals surface area contributed by atoms with E-state index in [-0.39, 0.29) is 5.82 Å². The molecule has 2 rings (SSSR count). The largest absolute Gasteiger partial charge is 0.397 e. The van der Waals surface area contributed by atoms with E-state index in [4.69, 9.17) is 5.73 Å². The molecule has 0 spiro atoms. The molecule has 0 saturated heterocycles. The van der Waals surface area contributed by atoms with Crippen LogP contribution >= 0.6 is 15.9 Å². The molecule has 0 aliphatic carbocycles. The molecule has 0 atom stereocenters. The van der Waals surface area contributed by atoms with Crippen molar-refractivity contribution in [1.29, 1.82) is 0 Å². The Morgan fingerprint density at radius 3 is 2.83 bits per heavy atom. The van der Waals surface area contributed by atoms with Gasteiger partial charge in [0.05, 0.1) is 22.0 Å². The second-order valence-electron chi connectivity index (χ2n) is 4.09. The van der Waals surface area contributed by atoms with Crippen LogP contribution in [-0.4, -0.2) is 9.78 Å². The number of aryl methyl sites for hydroxylation is 1. The van der Waals surface area contributed by atoms with Crippen molar-refractivity contribution in [1.82, 2.24) is 9.78 Å². The fourth-order valence-corrected chi connectivity index (χ4v) is 1.98. The Hall–Kier alpha value is -1.56. The highest BCUT2D eigenvalue weighted by atomic mass is 79.9. The number of nitrogens with one attached hydrogen (secondary N) is 1. The van der Waals surface area contributed by atoms with Crippen LogP contribution < -0.4 is 11.1 Å². The molecule has 3 N–H and O–H groups in total. The monoisotopic (exact) mass is 312 g/mol. The first-order chi connectivity index (χ1) is 8.49. The minimum Gasteiger partial charge on any atom is -0.397 e. The average Bonchev–Trinajstić information content (AvgIpc) is 2.63. The van der Waals surface area contributed by atoms with Crippen LogP contribution in [0.1, 0.15) is 11.3 Å². The van der Waals surface area contributed by atoms with E-state index in [2.05, 4.69) is 26.3 Å². The molecule has 0 amide bonds. The number of nitrogen functional groups attached to an aromatic ring is 1. The molecule has 4 nitrogen and oxygen atoms in total. The third-order valence-electron chi connectivity index (χ3n) is 2.90. The number of halogens is 2. The van der Waals surface area contributed by atoms with Crippen molar-refractivity contribution in [2.24, 2.45) is 7.05 Å². The second kappa shape index (κ2) is 4.97. The molecule has 0 unspecified atom stereocenters. The highest BCUT2D eigenvalue weighted by molar-refractivity contribution is 9.10. The van der Waals surface area contributed by atoms with Gasteiger partial charge in [-0.3, -0.25) is 4.68 Å². The van der Waals surface area contributed by atoms with Crippen molar-refractivity contribution < 1.29 is 4.39 Å². The third kappa shape index (κ3) is 2.48. The van der Waals surface area contributed by atoms with Crippen molar-refractivity contribution in [3.05, 3.63) is 39.9 Å². The van der Waals surface area contributed by atoms with Crippen molar-refractivity contribution in [2.45, 2.75) is 13.5 Å². The summed E-state index contributed by atoms with van der Waals surface area (Å²) in [4.78, 5) is 0. The lowest BCUT2D eigenvalue weighted by Gasteiger charge is -2.10.